The van der Waals surface area contributed by atoms with Crippen molar-refractivity contribution in [3.8, 4) is 0 Å². The van der Waals surface area contributed by atoms with E-state index >= 15 is 0 Å². The van der Waals surface area contributed by atoms with E-state index in [4.69, 9.17) is 0 Å². The zero-order chi connectivity index (χ0) is 13.9. The van der Waals surface area contributed by atoms with Crippen LogP contribution < -0.4 is 4.72 Å². The monoisotopic (exact) mass is 271 g/mol. The molecule has 0 aromatic heterocycles. The van der Waals surface area contributed by atoms with E-state index in [1.807, 2.05) is 0 Å². The quantitative estimate of drug-likeness (QED) is 0.849. The van der Waals surface area contributed by atoms with Crippen molar-refractivity contribution in [3.05, 3.63) is 29.3 Å². The van der Waals surface area contributed by atoms with Crippen molar-refractivity contribution < 1.29 is 17.9 Å². The Morgan fingerprint density at radius 1 is 1.33 bits per heavy atom. The fourth-order valence-corrected chi connectivity index (χ4v) is 2.11. The third-order valence-electron chi connectivity index (χ3n) is 2.61. The Morgan fingerprint density at radius 2 is 1.94 bits per heavy atom. The molecule has 1 aromatic carbocycles. The standard InChI is InChI=1S/C12H17NO4S/c1-8(2)18(15,16)13-11-7-5-6-10(9(11)3)12(14)17-4/h5-8,13H,1-4H3. The first-order chi connectivity index (χ1) is 8.29. The number of sulfonamides is 1. The van der Waals surface area contributed by atoms with Crippen LogP contribution in [0.15, 0.2) is 18.2 Å². The van der Waals surface area contributed by atoms with Crippen LogP contribution in [0.1, 0.15) is 29.8 Å². The van der Waals surface area contributed by atoms with Crippen LogP contribution in [-0.4, -0.2) is 26.7 Å². The van der Waals surface area contributed by atoms with E-state index in [0.29, 0.717) is 16.8 Å². The van der Waals surface area contributed by atoms with Crippen molar-refractivity contribution >= 4 is 21.7 Å². The van der Waals surface area contributed by atoms with E-state index in [9.17, 15) is 13.2 Å². The summed E-state index contributed by atoms with van der Waals surface area (Å²) in [6.45, 7) is 4.84. The molecular formula is C12H17NO4S. The highest BCUT2D eigenvalue weighted by atomic mass is 32.2. The van der Waals surface area contributed by atoms with E-state index in [1.165, 1.54) is 7.11 Å². The molecule has 0 saturated heterocycles. The molecule has 0 heterocycles. The normalized spacial score (nSPS) is 11.4. The first-order valence-electron chi connectivity index (χ1n) is 5.49. The van der Waals surface area contributed by atoms with Gasteiger partial charge in [-0.25, -0.2) is 13.2 Å². The van der Waals surface area contributed by atoms with Crippen LogP contribution in [0.3, 0.4) is 0 Å². The Bertz CT molecular complexity index is 549. The summed E-state index contributed by atoms with van der Waals surface area (Å²) in [6.07, 6.45) is 0. The third-order valence-corrected chi connectivity index (χ3v) is 4.36. The van der Waals surface area contributed by atoms with Crippen molar-refractivity contribution in [2.24, 2.45) is 0 Å². The smallest absolute Gasteiger partial charge is 0.338 e. The van der Waals surface area contributed by atoms with Gasteiger partial charge < -0.3 is 4.74 Å². The zero-order valence-corrected chi connectivity index (χ0v) is 11.7. The minimum Gasteiger partial charge on any atom is -0.465 e. The molecule has 18 heavy (non-hydrogen) atoms. The molecule has 0 unspecified atom stereocenters. The molecule has 0 aliphatic heterocycles. The SMILES string of the molecule is COC(=O)c1cccc(NS(=O)(=O)C(C)C)c1C. The van der Waals surface area contributed by atoms with Crippen LogP contribution in [-0.2, 0) is 14.8 Å². The Hall–Kier alpha value is -1.56. The number of hydrogen-bond donors (Lipinski definition) is 1. The van der Waals surface area contributed by atoms with Gasteiger partial charge in [-0.15, -0.1) is 0 Å². The van der Waals surface area contributed by atoms with Gasteiger partial charge in [-0.05, 0) is 38.5 Å². The molecule has 6 heteroatoms. The van der Waals surface area contributed by atoms with E-state index < -0.39 is 21.2 Å². The van der Waals surface area contributed by atoms with Gasteiger partial charge in [0, 0.05) is 0 Å². The van der Waals surface area contributed by atoms with E-state index in [2.05, 4.69) is 9.46 Å². The molecule has 1 N–H and O–H groups in total. The summed E-state index contributed by atoms with van der Waals surface area (Å²) in [4.78, 5) is 11.5. The van der Waals surface area contributed by atoms with Crippen molar-refractivity contribution in [3.63, 3.8) is 0 Å². The Labute approximate surface area is 107 Å². The number of anilines is 1. The molecule has 0 radical (unpaired) electrons. The fraction of sp³-hybridized carbons (Fsp3) is 0.417. The molecule has 0 aliphatic rings. The maximum Gasteiger partial charge on any atom is 0.338 e. The first kappa shape index (κ1) is 14.5. The van der Waals surface area contributed by atoms with Gasteiger partial charge in [0.2, 0.25) is 10.0 Å². The molecule has 0 atom stereocenters. The molecule has 1 aromatic rings. The summed E-state index contributed by atoms with van der Waals surface area (Å²) >= 11 is 0. The average molecular weight is 271 g/mol. The molecule has 0 saturated carbocycles. The van der Waals surface area contributed by atoms with Gasteiger partial charge in [-0.1, -0.05) is 6.07 Å². The maximum atomic E-state index is 11.8. The Balaban J connectivity index is 3.17. The zero-order valence-electron chi connectivity index (χ0n) is 10.9. The lowest BCUT2D eigenvalue weighted by atomic mass is 10.1. The van der Waals surface area contributed by atoms with Gasteiger partial charge in [0.15, 0.2) is 0 Å². The number of esters is 1. The van der Waals surface area contributed by atoms with E-state index in [1.54, 1.807) is 39.0 Å². The predicted molar refractivity (Wildman–Crippen MR) is 70.2 cm³/mol. The van der Waals surface area contributed by atoms with E-state index in [0.717, 1.165) is 0 Å². The molecule has 0 amide bonds. The van der Waals surface area contributed by atoms with Crippen LogP contribution in [0, 0.1) is 6.92 Å². The fourth-order valence-electron chi connectivity index (χ4n) is 1.35. The minimum absolute atomic E-state index is 0.349. The first-order valence-corrected chi connectivity index (χ1v) is 7.03. The average Bonchev–Trinajstić information content (AvgIpc) is 2.30. The van der Waals surface area contributed by atoms with Crippen molar-refractivity contribution in [2.75, 3.05) is 11.8 Å². The van der Waals surface area contributed by atoms with Gasteiger partial charge in [-0.3, -0.25) is 4.72 Å². The van der Waals surface area contributed by atoms with Crippen LogP contribution in [0.4, 0.5) is 5.69 Å². The lowest BCUT2D eigenvalue weighted by molar-refractivity contribution is 0.0600. The lowest BCUT2D eigenvalue weighted by Crippen LogP contribution is -2.23. The van der Waals surface area contributed by atoms with Crippen molar-refractivity contribution in [2.45, 2.75) is 26.0 Å². The van der Waals surface area contributed by atoms with Crippen LogP contribution in [0.5, 0.6) is 0 Å². The van der Waals surface area contributed by atoms with Gasteiger partial charge in [0.1, 0.15) is 0 Å². The molecular weight excluding hydrogens is 254 g/mol. The summed E-state index contributed by atoms with van der Waals surface area (Å²) in [6, 6.07) is 4.81. The Morgan fingerprint density at radius 3 is 2.44 bits per heavy atom. The van der Waals surface area contributed by atoms with Crippen molar-refractivity contribution in [1.29, 1.82) is 0 Å². The highest BCUT2D eigenvalue weighted by molar-refractivity contribution is 7.93. The highest BCUT2D eigenvalue weighted by Crippen LogP contribution is 2.21. The number of hydrogen-bond acceptors (Lipinski definition) is 4. The maximum absolute atomic E-state index is 11.8. The van der Waals surface area contributed by atoms with Crippen LogP contribution in [0.25, 0.3) is 0 Å². The molecule has 100 valence electrons. The van der Waals surface area contributed by atoms with E-state index in [-0.39, 0.29) is 0 Å². The van der Waals surface area contributed by atoms with Gasteiger partial charge in [0.25, 0.3) is 0 Å². The molecule has 0 aliphatic carbocycles. The molecule has 1 rings (SSSR count). The van der Waals surface area contributed by atoms with Crippen LogP contribution >= 0.6 is 0 Å². The number of nitrogens with one attached hydrogen (secondary N) is 1. The number of carbonyl (C=O) groups excluding carboxylic acids is 1. The van der Waals surface area contributed by atoms with Gasteiger partial charge >= 0.3 is 5.97 Å². The number of methoxy groups -OCH3 is 1. The van der Waals surface area contributed by atoms with Crippen molar-refractivity contribution in [1.82, 2.24) is 0 Å². The summed E-state index contributed by atoms with van der Waals surface area (Å²) < 4.78 is 30.7. The number of ether oxygens (including phenoxy) is 1. The van der Waals surface area contributed by atoms with Crippen LogP contribution in [0.2, 0.25) is 0 Å². The van der Waals surface area contributed by atoms with Gasteiger partial charge in [0.05, 0.1) is 23.6 Å². The number of carbonyl (C=O) groups is 1. The summed E-state index contributed by atoms with van der Waals surface area (Å²) in [7, 11) is -2.14. The highest BCUT2D eigenvalue weighted by Gasteiger charge is 2.18. The predicted octanol–water partition coefficient (Wildman–Crippen LogP) is 1.93. The second-order valence-electron chi connectivity index (χ2n) is 4.17. The molecule has 0 spiro atoms. The Kier molecular flexibility index (Phi) is 4.34. The summed E-state index contributed by atoms with van der Waals surface area (Å²) in [5.41, 5.74) is 1.29. The molecule has 5 nitrogen and oxygen atoms in total. The largest absolute Gasteiger partial charge is 0.465 e. The minimum atomic E-state index is -3.43. The number of benzene rings is 1. The second kappa shape index (κ2) is 5.39. The number of rotatable bonds is 4. The molecule has 0 bridgehead atoms. The lowest BCUT2D eigenvalue weighted by Gasteiger charge is -2.14. The second-order valence-corrected chi connectivity index (χ2v) is 6.40. The third kappa shape index (κ3) is 3.01. The van der Waals surface area contributed by atoms with Gasteiger partial charge in [-0.2, -0.15) is 0 Å². The summed E-state index contributed by atoms with van der Waals surface area (Å²) in [5, 5.41) is -0.543. The molecule has 0 fully saturated rings. The topological polar surface area (TPSA) is 72.5 Å². The summed E-state index contributed by atoms with van der Waals surface area (Å²) in [5.74, 6) is -0.488.